The van der Waals surface area contributed by atoms with Crippen molar-refractivity contribution >= 4 is 20.1 Å². The first-order chi connectivity index (χ1) is 9.20. The minimum Gasteiger partial charge on any atom is -0.460 e. The number of nitrogens with zero attached hydrogens (tertiary/aromatic N) is 1. The Morgan fingerprint density at radius 2 is 2.05 bits per heavy atom. The van der Waals surface area contributed by atoms with Crippen molar-refractivity contribution in [3.8, 4) is 0 Å². The van der Waals surface area contributed by atoms with Gasteiger partial charge in [-0.25, -0.2) is 9.59 Å². The number of rotatable bonds is 4. The largest absolute Gasteiger partial charge is 0.509 e. The first-order valence-electron chi connectivity index (χ1n) is 6.50. The standard InChI is InChI=1S/C12H20NO6P/c1-12(2,3)19-11(15)13-6-4-5-9(13)10(14)18-7-8-20(16)17/h9H,4-8H2,1-3H3/p+1/t9-/m0/s1. The molecule has 1 amide bonds. The zero-order valence-corrected chi connectivity index (χ0v) is 12.9. The van der Waals surface area contributed by atoms with Gasteiger partial charge >= 0.3 is 20.1 Å². The van der Waals surface area contributed by atoms with Crippen LogP contribution in [-0.4, -0.2) is 52.8 Å². The third-order valence-electron chi connectivity index (χ3n) is 2.68. The van der Waals surface area contributed by atoms with E-state index in [2.05, 4.69) is 0 Å². The van der Waals surface area contributed by atoms with Crippen LogP contribution in [0.4, 0.5) is 4.79 Å². The fourth-order valence-corrected chi connectivity index (χ4v) is 2.12. The second-order valence-electron chi connectivity index (χ2n) is 5.58. The highest BCUT2D eigenvalue weighted by Crippen LogP contribution is 2.22. The van der Waals surface area contributed by atoms with E-state index in [0.29, 0.717) is 19.4 Å². The summed E-state index contributed by atoms with van der Waals surface area (Å²) in [5, 5.41) is 0. The second kappa shape index (κ2) is 6.99. The predicted octanol–water partition coefficient (Wildman–Crippen LogP) is 1.66. The maximum Gasteiger partial charge on any atom is 0.509 e. The van der Waals surface area contributed by atoms with Crippen LogP contribution in [-0.2, 0) is 18.8 Å². The topological polar surface area (TPSA) is 93.1 Å². The number of amides is 1. The van der Waals surface area contributed by atoms with Crippen molar-refractivity contribution in [2.75, 3.05) is 19.3 Å². The third-order valence-corrected chi connectivity index (χ3v) is 3.24. The van der Waals surface area contributed by atoms with E-state index in [4.69, 9.17) is 14.4 Å². The molecule has 0 spiro atoms. The second-order valence-corrected chi connectivity index (χ2v) is 6.73. The fourth-order valence-electron chi connectivity index (χ4n) is 1.87. The summed E-state index contributed by atoms with van der Waals surface area (Å²) < 4.78 is 20.7. The van der Waals surface area contributed by atoms with Crippen molar-refractivity contribution in [2.24, 2.45) is 0 Å². The zero-order valence-electron chi connectivity index (χ0n) is 12.0. The minimum atomic E-state index is -2.32. The Balaban J connectivity index is 2.53. The zero-order chi connectivity index (χ0) is 15.3. The van der Waals surface area contributed by atoms with Gasteiger partial charge < -0.3 is 9.47 Å². The molecule has 0 aliphatic carbocycles. The Morgan fingerprint density at radius 3 is 2.60 bits per heavy atom. The van der Waals surface area contributed by atoms with Crippen LogP contribution in [0, 0.1) is 0 Å². The fraction of sp³-hybridized carbons (Fsp3) is 0.833. The van der Waals surface area contributed by atoms with E-state index in [1.807, 2.05) is 0 Å². The number of hydrogen-bond donors (Lipinski definition) is 1. The first kappa shape index (κ1) is 16.9. The van der Waals surface area contributed by atoms with E-state index in [1.165, 1.54) is 4.90 Å². The molecule has 114 valence electrons. The van der Waals surface area contributed by atoms with Crippen LogP contribution >= 0.6 is 8.03 Å². The summed E-state index contributed by atoms with van der Waals surface area (Å²) in [5.41, 5.74) is -0.622. The van der Waals surface area contributed by atoms with Gasteiger partial charge in [-0.3, -0.25) is 4.90 Å². The van der Waals surface area contributed by atoms with Gasteiger partial charge in [0.25, 0.3) is 0 Å². The monoisotopic (exact) mass is 306 g/mol. The van der Waals surface area contributed by atoms with E-state index >= 15 is 0 Å². The van der Waals surface area contributed by atoms with Crippen LogP contribution in [0.25, 0.3) is 0 Å². The van der Waals surface area contributed by atoms with Crippen molar-refractivity contribution in [3.63, 3.8) is 0 Å². The summed E-state index contributed by atoms with van der Waals surface area (Å²) in [5.74, 6) is -0.551. The van der Waals surface area contributed by atoms with Crippen molar-refractivity contribution < 1.29 is 28.5 Å². The summed E-state index contributed by atoms with van der Waals surface area (Å²) in [6, 6.07) is -0.665. The van der Waals surface area contributed by atoms with Gasteiger partial charge in [0.05, 0.1) is 0 Å². The summed E-state index contributed by atoms with van der Waals surface area (Å²) in [4.78, 5) is 33.8. The quantitative estimate of drug-likeness (QED) is 0.627. The number of carbonyl (C=O) groups is 2. The molecule has 0 radical (unpaired) electrons. The van der Waals surface area contributed by atoms with Crippen molar-refractivity contribution in [3.05, 3.63) is 0 Å². The molecule has 1 aliphatic rings. The summed E-state index contributed by atoms with van der Waals surface area (Å²) >= 11 is 0. The Bertz CT molecular complexity index is 392. The Labute approximate surface area is 119 Å². The normalized spacial score (nSPS) is 19.7. The molecule has 0 saturated carbocycles. The predicted molar refractivity (Wildman–Crippen MR) is 71.6 cm³/mol. The Kier molecular flexibility index (Phi) is 5.89. The Hall–Kier alpha value is -1.20. The van der Waals surface area contributed by atoms with Crippen LogP contribution in [0.15, 0.2) is 0 Å². The van der Waals surface area contributed by atoms with Crippen molar-refractivity contribution in [2.45, 2.75) is 45.3 Å². The number of carbonyl (C=O) groups excluding carboxylic acids is 2. The molecule has 1 rings (SSSR count). The Morgan fingerprint density at radius 1 is 1.40 bits per heavy atom. The minimum absolute atomic E-state index is 0.0970. The van der Waals surface area contributed by atoms with Crippen LogP contribution < -0.4 is 0 Å². The van der Waals surface area contributed by atoms with Crippen LogP contribution in [0.3, 0.4) is 0 Å². The van der Waals surface area contributed by atoms with E-state index in [9.17, 15) is 14.2 Å². The molecule has 0 aromatic heterocycles. The number of hydrogen-bond acceptors (Lipinski definition) is 5. The molecule has 1 saturated heterocycles. The molecule has 7 nitrogen and oxygen atoms in total. The highest BCUT2D eigenvalue weighted by Gasteiger charge is 2.37. The van der Waals surface area contributed by atoms with E-state index in [1.54, 1.807) is 20.8 Å². The molecule has 20 heavy (non-hydrogen) atoms. The van der Waals surface area contributed by atoms with Gasteiger partial charge in [0.1, 0.15) is 18.2 Å². The van der Waals surface area contributed by atoms with Gasteiger partial charge in [-0.15, -0.1) is 0 Å². The highest BCUT2D eigenvalue weighted by atomic mass is 31.1. The number of esters is 1. The molecule has 0 bridgehead atoms. The lowest BCUT2D eigenvalue weighted by molar-refractivity contribution is -0.148. The van der Waals surface area contributed by atoms with Gasteiger partial charge in [0, 0.05) is 6.54 Å². The molecule has 8 heteroatoms. The molecular formula is C12H21NO6P+. The lowest BCUT2D eigenvalue weighted by Crippen LogP contribution is -2.44. The molecule has 1 N–H and O–H groups in total. The van der Waals surface area contributed by atoms with Gasteiger partial charge in [0.2, 0.25) is 6.16 Å². The third kappa shape index (κ3) is 5.43. The van der Waals surface area contributed by atoms with Crippen LogP contribution in [0.1, 0.15) is 33.6 Å². The SMILES string of the molecule is CC(C)(C)OC(=O)N1CCC[C@H]1C(=O)OCC[P+](=O)O. The van der Waals surface area contributed by atoms with Gasteiger partial charge in [-0.2, -0.15) is 4.89 Å². The highest BCUT2D eigenvalue weighted by molar-refractivity contribution is 7.38. The molecule has 1 unspecified atom stereocenters. The van der Waals surface area contributed by atoms with Gasteiger partial charge in [-0.1, -0.05) is 0 Å². The summed E-state index contributed by atoms with van der Waals surface area (Å²) in [6.45, 7) is 5.59. The molecular weight excluding hydrogens is 285 g/mol. The van der Waals surface area contributed by atoms with Gasteiger partial charge in [0.15, 0.2) is 0 Å². The number of ether oxygens (including phenoxy) is 2. The summed E-state index contributed by atoms with van der Waals surface area (Å²) in [7, 11) is -2.32. The number of likely N-dealkylation sites (tertiary alicyclic amines) is 1. The van der Waals surface area contributed by atoms with E-state index in [0.717, 1.165) is 0 Å². The van der Waals surface area contributed by atoms with E-state index < -0.39 is 31.7 Å². The maximum atomic E-state index is 12.0. The molecule has 1 aliphatic heterocycles. The molecule has 0 aromatic carbocycles. The molecule has 2 atom stereocenters. The molecule has 0 aromatic rings. The average Bonchev–Trinajstić information content (AvgIpc) is 2.74. The lowest BCUT2D eigenvalue weighted by atomic mass is 10.2. The summed E-state index contributed by atoms with van der Waals surface area (Å²) in [6.07, 6.45) is 0.585. The van der Waals surface area contributed by atoms with Gasteiger partial charge in [-0.05, 0) is 38.2 Å². The van der Waals surface area contributed by atoms with Crippen LogP contribution in [0.2, 0.25) is 0 Å². The van der Waals surface area contributed by atoms with E-state index in [-0.39, 0.29) is 12.8 Å². The smallest absolute Gasteiger partial charge is 0.460 e. The van der Waals surface area contributed by atoms with Crippen LogP contribution in [0.5, 0.6) is 0 Å². The average molecular weight is 306 g/mol. The molecule has 1 heterocycles. The first-order valence-corrected chi connectivity index (χ1v) is 7.90. The lowest BCUT2D eigenvalue weighted by Gasteiger charge is -2.27. The van der Waals surface area contributed by atoms with Crippen molar-refractivity contribution in [1.82, 2.24) is 4.90 Å². The molecule has 1 fully saturated rings. The maximum absolute atomic E-state index is 12.0. The van der Waals surface area contributed by atoms with Crippen molar-refractivity contribution in [1.29, 1.82) is 0 Å².